The molecule has 0 atom stereocenters. The Kier molecular flexibility index (Phi) is 4.72. The number of rotatable bonds is 3. The minimum atomic E-state index is -0.551. The van der Waals surface area contributed by atoms with Crippen molar-refractivity contribution in [1.82, 2.24) is 9.97 Å². The molecule has 2 rings (SSSR count). The van der Waals surface area contributed by atoms with Crippen molar-refractivity contribution in [3.63, 3.8) is 0 Å². The standard InChI is InChI=1S/C14H19N3O4/c1-9-8-11(16-12(15-9)14(19)21-3)17-6-4-10(5-7-17)13(18)20-2/h8,10H,4-7H2,1-3H3. The van der Waals surface area contributed by atoms with E-state index in [1.807, 2.05) is 11.0 Å². The molecule has 1 aromatic heterocycles. The first-order chi connectivity index (χ1) is 10.0. The van der Waals surface area contributed by atoms with E-state index in [2.05, 4.69) is 14.7 Å². The van der Waals surface area contributed by atoms with Gasteiger partial charge >= 0.3 is 11.9 Å². The molecule has 1 aliphatic heterocycles. The number of carbonyl (C=O) groups is 2. The van der Waals surface area contributed by atoms with Crippen LogP contribution in [0.5, 0.6) is 0 Å². The zero-order valence-corrected chi connectivity index (χ0v) is 12.5. The number of aryl methyl sites for hydroxylation is 1. The summed E-state index contributed by atoms with van der Waals surface area (Å²) in [5.41, 5.74) is 0.704. The van der Waals surface area contributed by atoms with Crippen LogP contribution in [0.4, 0.5) is 5.82 Å². The van der Waals surface area contributed by atoms with Gasteiger partial charge in [0.05, 0.1) is 20.1 Å². The molecule has 0 aliphatic carbocycles. The van der Waals surface area contributed by atoms with E-state index in [9.17, 15) is 9.59 Å². The average Bonchev–Trinajstić information content (AvgIpc) is 2.52. The molecule has 0 aromatic carbocycles. The highest BCUT2D eigenvalue weighted by molar-refractivity contribution is 5.85. The summed E-state index contributed by atoms with van der Waals surface area (Å²) in [5.74, 6) is -0.0313. The van der Waals surface area contributed by atoms with Crippen molar-refractivity contribution in [3.8, 4) is 0 Å². The Labute approximate surface area is 123 Å². The van der Waals surface area contributed by atoms with Gasteiger partial charge in [-0.1, -0.05) is 0 Å². The molecule has 114 valence electrons. The molecule has 1 aliphatic rings. The third-order valence-corrected chi connectivity index (χ3v) is 3.56. The Balaban J connectivity index is 2.11. The number of hydrogen-bond donors (Lipinski definition) is 0. The fourth-order valence-corrected chi connectivity index (χ4v) is 2.41. The number of esters is 2. The van der Waals surface area contributed by atoms with Crippen molar-refractivity contribution >= 4 is 17.8 Å². The molecule has 1 fully saturated rings. The van der Waals surface area contributed by atoms with Crippen molar-refractivity contribution in [1.29, 1.82) is 0 Å². The van der Waals surface area contributed by atoms with Crippen LogP contribution in [0.1, 0.15) is 29.2 Å². The average molecular weight is 293 g/mol. The molecular formula is C14H19N3O4. The van der Waals surface area contributed by atoms with Crippen LogP contribution in [-0.4, -0.2) is 49.2 Å². The first-order valence-electron chi connectivity index (χ1n) is 6.82. The van der Waals surface area contributed by atoms with Crippen LogP contribution in [0.15, 0.2) is 6.07 Å². The number of aromatic nitrogens is 2. The van der Waals surface area contributed by atoms with E-state index >= 15 is 0 Å². The number of hydrogen-bond acceptors (Lipinski definition) is 7. The molecule has 1 saturated heterocycles. The summed E-state index contributed by atoms with van der Waals surface area (Å²) in [4.78, 5) is 33.4. The molecule has 21 heavy (non-hydrogen) atoms. The van der Waals surface area contributed by atoms with Crippen LogP contribution in [0.3, 0.4) is 0 Å². The van der Waals surface area contributed by atoms with Crippen molar-refractivity contribution in [2.45, 2.75) is 19.8 Å². The molecular weight excluding hydrogens is 274 g/mol. The van der Waals surface area contributed by atoms with Gasteiger partial charge in [0.2, 0.25) is 5.82 Å². The number of ether oxygens (including phenoxy) is 2. The molecule has 0 unspecified atom stereocenters. The largest absolute Gasteiger partial charge is 0.469 e. The van der Waals surface area contributed by atoms with Crippen molar-refractivity contribution in [2.24, 2.45) is 5.92 Å². The minimum Gasteiger partial charge on any atom is -0.469 e. The van der Waals surface area contributed by atoms with Gasteiger partial charge in [0.1, 0.15) is 5.82 Å². The summed E-state index contributed by atoms with van der Waals surface area (Å²) < 4.78 is 9.42. The van der Waals surface area contributed by atoms with Crippen molar-refractivity contribution in [3.05, 3.63) is 17.6 Å². The molecule has 0 radical (unpaired) electrons. The highest BCUT2D eigenvalue weighted by Gasteiger charge is 2.26. The molecule has 0 spiro atoms. The van der Waals surface area contributed by atoms with Crippen LogP contribution in [-0.2, 0) is 14.3 Å². The first kappa shape index (κ1) is 15.2. The van der Waals surface area contributed by atoms with E-state index in [0.29, 0.717) is 37.4 Å². The summed E-state index contributed by atoms with van der Waals surface area (Å²) in [6.07, 6.45) is 1.42. The van der Waals surface area contributed by atoms with Crippen LogP contribution >= 0.6 is 0 Å². The van der Waals surface area contributed by atoms with Gasteiger partial charge in [0, 0.05) is 24.8 Å². The number of nitrogens with zero attached hydrogens (tertiary/aromatic N) is 3. The van der Waals surface area contributed by atoms with Crippen LogP contribution < -0.4 is 4.90 Å². The lowest BCUT2D eigenvalue weighted by molar-refractivity contribution is -0.146. The second-order valence-corrected chi connectivity index (χ2v) is 4.97. The normalized spacial score (nSPS) is 15.7. The summed E-state index contributed by atoms with van der Waals surface area (Å²) in [6, 6.07) is 1.82. The van der Waals surface area contributed by atoms with E-state index in [-0.39, 0.29) is 17.7 Å². The molecule has 0 amide bonds. The molecule has 0 saturated carbocycles. The van der Waals surface area contributed by atoms with Crippen LogP contribution in [0, 0.1) is 12.8 Å². The number of piperidine rings is 1. The summed E-state index contributed by atoms with van der Waals surface area (Å²) in [7, 11) is 2.71. The maximum absolute atomic E-state index is 11.6. The Hall–Kier alpha value is -2.18. The third kappa shape index (κ3) is 3.48. The van der Waals surface area contributed by atoms with E-state index in [4.69, 9.17) is 4.74 Å². The van der Waals surface area contributed by atoms with Crippen LogP contribution in [0.25, 0.3) is 0 Å². The molecule has 7 heteroatoms. The van der Waals surface area contributed by atoms with Gasteiger partial charge in [-0.15, -0.1) is 0 Å². The van der Waals surface area contributed by atoms with E-state index in [1.165, 1.54) is 14.2 Å². The van der Waals surface area contributed by atoms with Gasteiger partial charge in [-0.3, -0.25) is 4.79 Å². The summed E-state index contributed by atoms with van der Waals surface area (Å²) >= 11 is 0. The summed E-state index contributed by atoms with van der Waals surface area (Å²) in [6.45, 7) is 3.19. The van der Waals surface area contributed by atoms with Gasteiger partial charge in [-0.2, -0.15) is 0 Å². The van der Waals surface area contributed by atoms with Gasteiger partial charge in [0.15, 0.2) is 0 Å². The summed E-state index contributed by atoms with van der Waals surface area (Å²) in [5, 5.41) is 0. The van der Waals surface area contributed by atoms with Gasteiger partial charge in [0.25, 0.3) is 0 Å². The Morgan fingerprint density at radius 3 is 2.43 bits per heavy atom. The predicted octanol–water partition coefficient (Wildman–Crippen LogP) is 0.961. The highest BCUT2D eigenvalue weighted by atomic mass is 16.5. The second kappa shape index (κ2) is 6.51. The molecule has 2 heterocycles. The lowest BCUT2D eigenvalue weighted by Crippen LogP contribution is -2.37. The number of anilines is 1. The fraction of sp³-hybridized carbons (Fsp3) is 0.571. The zero-order valence-electron chi connectivity index (χ0n) is 12.5. The minimum absolute atomic E-state index is 0.0580. The quantitative estimate of drug-likeness (QED) is 0.768. The molecule has 7 nitrogen and oxygen atoms in total. The smallest absolute Gasteiger partial charge is 0.376 e. The first-order valence-corrected chi connectivity index (χ1v) is 6.82. The Morgan fingerprint density at radius 1 is 1.19 bits per heavy atom. The molecule has 0 N–H and O–H groups in total. The predicted molar refractivity (Wildman–Crippen MR) is 75.1 cm³/mol. The van der Waals surface area contributed by atoms with E-state index < -0.39 is 5.97 Å². The van der Waals surface area contributed by atoms with Crippen molar-refractivity contribution in [2.75, 3.05) is 32.2 Å². The van der Waals surface area contributed by atoms with E-state index in [0.717, 1.165) is 0 Å². The SMILES string of the molecule is COC(=O)c1nc(C)cc(N2CCC(C(=O)OC)CC2)n1. The second-order valence-electron chi connectivity index (χ2n) is 4.97. The highest BCUT2D eigenvalue weighted by Crippen LogP contribution is 2.23. The Bertz CT molecular complexity index is 539. The number of methoxy groups -OCH3 is 2. The topological polar surface area (TPSA) is 81.6 Å². The van der Waals surface area contributed by atoms with E-state index in [1.54, 1.807) is 6.92 Å². The zero-order chi connectivity index (χ0) is 15.4. The van der Waals surface area contributed by atoms with Crippen LogP contribution in [0.2, 0.25) is 0 Å². The third-order valence-electron chi connectivity index (χ3n) is 3.56. The van der Waals surface area contributed by atoms with Gasteiger partial charge in [-0.05, 0) is 19.8 Å². The van der Waals surface area contributed by atoms with Crippen molar-refractivity contribution < 1.29 is 19.1 Å². The maximum atomic E-state index is 11.6. The fourth-order valence-electron chi connectivity index (χ4n) is 2.41. The molecule has 1 aromatic rings. The lowest BCUT2D eigenvalue weighted by Gasteiger charge is -2.31. The van der Waals surface area contributed by atoms with Gasteiger partial charge in [-0.25, -0.2) is 14.8 Å². The molecule has 0 bridgehead atoms. The maximum Gasteiger partial charge on any atom is 0.376 e. The lowest BCUT2D eigenvalue weighted by atomic mass is 9.97. The Morgan fingerprint density at radius 2 is 1.86 bits per heavy atom. The number of carbonyl (C=O) groups excluding carboxylic acids is 2. The van der Waals surface area contributed by atoms with Gasteiger partial charge < -0.3 is 14.4 Å². The monoisotopic (exact) mass is 293 g/mol.